The van der Waals surface area contributed by atoms with Gasteiger partial charge in [-0.2, -0.15) is 0 Å². The van der Waals surface area contributed by atoms with E-state index in [0.29, 0.717) is 0 Å². The molecule has 0 aliphatic carbocycles. The van der Waals surface area contributed by atoms with Crippen LogP contribution in [-0.2, 0) is 0 Å². The van der Waals surface area contributed by atoms with E-state index in [1.807, 2.05) is 0 Å². The topological polar surface area (TPSA) is 0 Å². The van der Waals surface area contributed by atoms with E-state index in [1.54, 1.807) is 0 Å². The zero-order chi connectivity index (χ0) is 5.28. The summed E-state index contributed by atoms with van der Waals surface area (Å²) in [4.78, 5) is 0. The van der Waals surface area contributed by atoms with Crippen LogP contribution in [0.1, 0.15) is 26.7 Å². The predicted octanol–water partition coefficient (Wildman–Crippen LogP) is 2.10. The van der Waals surface area contributed by atoms with Gasteiger partial charge in [0.2, 0.25) is 0 Å². The molecule has 0 spiro atoms. The Hall–Kier alpha value is 0.0649. The van der Waals surface area contributed by atoms with Crippen LogP contribution in [0.2, 0.25) is 11.6 Å². The van der Waals surface area contributed by atoms with Crippen LogP contribution >= 0.6 is 0 Å². The van der Waals surface area contributed by atoms with Crippen LogP contribution in [0.15, 0.2) is 0 Å². The lowest BCUT2D eigenvalue weighted by Gasteiger charge is -1.93. The van der Waals surface area contributed by atoms with Gasteiger partial charge in [-0.1, -0.05) is 38.3 Å². The van der Waals surface area contributed by atoms with Crippen molar-refractivity contribution in [3.05, 3.63) is 0 Å². The molecule has 1 heteroatoms. The molecule has 0 unspecified atom stereocenters. The Kier molecular flexibility index (Phi) is 1.41. The summed E-state index contributed by atoms with van der Waals surface area (Å²) in [7, 11) is 2.44. The third kappa shape index (κ3) is 1.22. The average Bonchev–Trinajstić information content (AvgIpc) is 1.87. The van der Waals surface area contributed by atoms with Crippen molar-refractivity contribution in [2.45, 2.75) is 38.3 Å². The number of hydrogen-bond acceptors (Lipinski definition) is 0. The lowest BCUT2D eigenvalue weighted by Crippen LogP contribution is -1.91. The molecule has 1 saturated heterocycles. The summed E-state index contributed by atoms with van der Waals surface area (Å²) >= 11 is 0. The SMILES string of the molecule is C[C@H]1[B][C@H](C)CC1. The van der Waals surface area contributed by atoms with E-state index >= 15 is 0 Å². The molecule has 0 N–H and O–H groups in total. The van der Waals surface area contributed by atoms with Crippen LogP contribution in [0, 0.1) is 0 Å². The molecule has 0 aromatic carbocycles. The van der Waals surface area contributed by atoms with Gasteiger partial charge in [-0.15, -0.1) is 0 Å². The molecule has 2 atom stereocenters. The van der Waals surface area contributed by atoms with Gasteiger partial charge in [-0.25, -0.2) is 0 Å². The Balaban J connectivity index is 2.26. The molecule has 1 aliphatic heterocycles. The van der Waals surface area contributed by atoms with E-state index in [2.05, 4.69) is 21.1 Å². The Morgan fingerprint density at radius 3 is 1.71 bits per heavy atom. The highest BCUT2D eigenvalue weighted by Crippen LogP contribution is 2.30. The number of hydrogen-bond donors (Lipinski definition) is 0. The first-order chi connectivity index (χ1) is 3.29. The third-order valence-electron chi connectivity index (χ3n) is 1.73. The molecule has 1 radical (unpaired) electrons. The molecular weight excluding hydrogens is 82.9 g/mol. The fourth-order valence-corrected chi connectivity index (χ4v) is 1.28. The van der Waals surface area contributed by atoms with Gasteiger partial charge in [-0.05, 0) is 0 Å². The minimum Gasteiger partial charge on any atom is -0.0714 e. The molecule has 0 aromatic rings. The second-order valence-electron chi connectivity index (χ2n) is 2.72. The van der Waals surface area contributed by atoms with Gasteiger partial charge in [-0.3, -0.25) is 0 Å². The fraction of sp³-hybridized carbons (Fsp3) is 1.00. The highest BCUT2D eigenvalue weighted by atomic mass is 14.1. The maximum atomic E-state index is 2.44. The van der Waals surface area contributed by atoms with Gasteiger partial charge in [0.1, 0.15) is 7.28 Å². The third-order valence-corrected chi connectivity index (χ3v) is 1.73. The molecule has 1 rings (SSSR count). The Bertz CT molecular complexity index is 53.2. The molecule has 0 nitrogen and oxygen atoms in total. The van der Waals surface area contributed by atoms with Crippen molar-refractivity contribution >= 4 is 7.28 Å². The summed E-state index contributed by atoms with van der Waals surface area (Å²) in [6.07, 6.45) is 2.84. The predicted molar refractivity (Wildman–Crippen MR) is 33.8 cm³/mol. The summed E-state index contributed by atoms with van der Waals surface area (Å²) in [5.74, 6) is 1.80. The lowest BCUT2D eigenvalue weighted by molar-refractivity contribution is 0.765. The molecular formula is C6H12B. The van der Waals surface area contributed by atoms with Gasteiger partial charge >= 0.3 is 0 Å². The maximum Gasteiger partial charge on any atom is 0.117 e. The van der Waals surface area contributed by atoms with Gasteiger partial charge in [0.25, 0.3) is 0 Å². The Morgan fingerprint density at radius 1 is 1.14 bits per heavy atom. The van der Waals surface area contributed by atoms with Crippen molar-refractivity contribution in [1.82, 2.24) is 0 Å². The van der Waals surface area contributed by atoms with Gasteiger partial charge in [0, 0.05) is 0 Å². The Morgan fingerprint density at radius 2 is 1.57 bits per heavy atom. The summed E-state index contributed by atoms with van der Waals surface area (Å²) < 4.78 is 0. The maximum absolute atomic E-state index is 2.44. The number of rotatable bonds is 0. The molecule has 0 amide bonds. The van der Waals surface area contributed by atoms with Crippen LogP contribution in [0.25, 0.3) is 0 Å². The second-order valence-corrected chi connectivity index (χ2v) is 2.72. The van der Waals surface area contributed by atoms with Crippen LogP contribution in [0.4, 0.5) is 0 Å². The summed E-state index contributed by atoms with van der Waals surface area (Å²) in [6, 6.07) is 0. The lowest BCUT2D eigenvalue weighted by atomic mass is 9.62. The van der Waals surface area contributed by atoms with Crippen molar-refractivity contribution in [2.75, 3.05) is 0 Å². The van der Waals surface area contributed by atoms with Gasteiger partial charge in [0.05, 0.1) is 0 Å². The van der Waals surface area contributed by atoms with Crippen molar-refractivity contribution in [3.63, 3.8) is 0 Å². The summed E-state index contributed by atoms with van der Waals surface area (Å²) in [6.45, 7) is 4.59. The summed E-state index contributed by atoms with van der Waals surface area (Å²) in [5.41, 5.74) is 0. The average molecular weight is 95.0 g/mol. The largest absolute Gasteiger partial charge is 0.117 e. The zero-order valence-electron chi connectivity index (χ0n) is 5.15. The fourth-order valence-electron chi connectivity index (χ4n) is 1.28. The first-order valence-corrected chi connectivity index (χ1v) is 3.14. The molecule has 1 aliphatic rings. The van der Waals surface area contributed by atoms with E-state index in [-0.39, 0.29) is 0 Å². The quantitative estimate of drug-likeness (QED) is 0.404. The van der Waals surface area contributed by atoms with E-state index in [9.17, 15) is 0 Å². The smallest absolute Gasteiger partial charge is 0.0714 e. The molecule has 0 saturated carbocycles. The molecule has 0 bridgehead atoms. The monoisotopic (exact) mass is 95.1 g/mol. The minimum absolute atomic E-state index is 0.898. The van der Waals surface area contributed by atoms with Crippen LogP contribution in [-0.4, -0.2) is 7.28 Å². The van der Waals surface area contributed by atoms with E-state index in [1.165, 1.54) is 12.8 Å². The molecule has 1 fully saturated rings. The first-order valence-electron chi connectivity index (χ1n) is 3.14. The van der Waals surface area contributed by atoms with E-state index < -0.39 is 0 Å². The van der Waals surface area contributed by atoms with E-state index in [4.69, 9.17) is 0 Å². The van der Waals surface area contributed by atoms with Crippen LogP contribution in [0.3, 0.4) is 0 Å². The standard InChI is InChI=1S/C6H12B/c1-5-3-4-6(2)7-5/h5-6H,3-4H2,1-2H3/t5-,6-/m1/s1. The van der Waals surface area contributed by atoms with Crippen molar-refractivity contribution in [3.8, 4) is 0 Å². The van der Waals surface area contributed by atoms with Crippen molar-refractivity contribution < 1.29 is 0 Å². The van der Waals surface area contributed by atoms with Crippen molar-refractivity contribution in [2.24, 2.45) is 0 Å². The van der Waals surface area contributed by atoms with E-state index in [0.717, 1.165) is 11.6 Å². The van der Waals surface area contributed by atoms with Crippen LogP contribution < -0.4 is 0 Å². The van der Waals surface area contributed by atoms with Gasteiger partial charge in [0.15, 0.2) is 0 Å². The minimum atomic E-state index is 0.898. The normalized spacial score (nSPS) is 40.9. The molecule has 7 heavy (non-hydrogen) atoms. The molecule has 0 aromatic heterocycles. The molecule has 39 valence electrons. The molecule has 1 heterocycles. The van der Waals surface area contributed by atoms with Crippen molar-refractivity contribution in [1.29, 1.82) is 0 Å². The summed E-state index contributed by atoms with van der Waals surface area (Å²) in [5, 5.41) is 0. The highest BCUT2D eigenvalue weighted by Gasteiger charge is 2.17. The van der Waals surface area contributed by atoms with Crippen LogP contribution in [0.5, 0.6) is 0 Å². The van der Waals surface area contributed by atoms with Gasteiger partial charge < -0.3 is 0 Å². The highest BCUT2D eigenvalue weighted by molar-refractivity contribution is 6.40. The zero-order valence-corrected chi connectivity index (χ0v) is 5.15. The second kappa shape index (κ2) is 1.89. The first kappa shape index (κ1) is 5.21. The Labute approximate surface area is 46.5 Å².